The minimum absolute atomic E-state index is 0.216. The quantitative estimate of drug-likeness (QED) is 0.638. The zero-order valence-corrected chi connectivity index (χ0v) is 19.9. The molecule has 0 saturated carbocycles. The van der Waals surface area contributed by atoms with Crippen LogP contribution in [0.15, 0.2) is 53.7 Å². The van der Waals surface area contributed by atoms with Gasteiger partial charge in [0.2, 0.25) is 0 Å². The second-order valence-electron chi connectivity index (χ2n) is 8.68. The van der Waals surface area contributed by atoms with Gasteiger partial charge < -0.3 is 20.3 Å². The number of aryl methyl sites for hydroxylation is 1. The molecule has 2 N–H and O–H groups in total. The fraction of sp³-hybridized carbons (Fsp3) is 0.385. The Morgan fingerprint density at radius 1 is 1.09 bits per heavy atom. The second-order valence-corrected chi connectivity index (χ2v) is 8.68. The molecular formula is C26H31FN4O3. The SMILES string of the molecule is CCOC(=O)C1=C(CN2CCN(c3cccc(C)c3C)CC2)NC(=O)N[C@@H]1c1ccc(F)cc1. The molecule has 180 valence electrons. The van der Waals surface area contributed by atoms with E-state index >= 15 is 0 Å². The maximum Gasteiger partial charge on any atom is 0.338 e. The number of carbonyl (C=O) groups is 2. The highest BCUT2D eigenvalue weighted by atomic mass is 19.1. The van der Waals surface area contributed by atoms with E-state index in [1.807, 2.05) is 0 Å². The number of nitrogens with one attached hydrogen (secondary N) is 2. The van der Waals surface area contributed by atoms with Crippen molar-refractivity contribution in [2.75, 3.05) is 44.2 Å². The Hall–Kier alpha value is -3.39. The van der Waals surface area contributed by atoms with E-state index in [2.05, 4.69) is 52.5 Å². The monoisotopic (exact) mass is 466 g/mol. The van der Waals surface area contributed by atoms with Gasteiger partial charge >= 0.3 is 12.0 Å². The Kier molecular flexibility index (Phi) is 7.17. The number of esters is 1. The highest BCUT2D eigenvalue weighted by molar-refractivity contribution is 5.95. The number of anilines is 1. The summed E-state index contributed by atoms with van der Waals surface area (Å²) in [5, 5.41) is 5.61. The number of amides is 2. The lowest BCUT2D eigenvalue weighted by Gasteiger charge is -2.38. The van der Waals surface area contributed by atoms with Crippen molar-refractivity contribution in [3.8, 4) is 0 Å². The predicted molar refractivity (Wildman–Crippen MR) is 129 cm³/mol. The molecule has 2 heterocycles. The van der Waals surface area contributed by atoms with Crippen LogP contribution in [0, 0.1) is 19.7 Å². The summed E-state index contributed by atoms with van der Waals surface area (Å²) in [5.74, 6) is -0.874. The number of carbonyl (C=O) groups excluding carboxylic acids is 2. The summed E-state index contributed by atoms with van der Waals surface area (Å²) in [6, 6.07) is 11.0. The van der Waals surface area contributed by atoms with E-state index in [0.717, 1.165) is 26.2 Å². The Morgan fingerprint density at radius 3 is 2.47 bits per heavy atom. The molecule has 0 radical (unpaired) electrons. The van der Waals surface area contributed by atoms with E-state index in [-0.39, 0.29) is 12.4 Å². The fourth-order valence-corrected chi connectivity index (χ4v) is 4.55. The summed E-state index contributed by atoms with van der Waals surface area (Å²) in [7, 11) is 0. The summed E-state index contributed by atoms with van der Waals surface area (Å²) < 4.78 is 18.8. The number of hydrogen-bond donors (Lipinski definition) is 2. The highest BCUT2D eigenvalue weighted by Crippen LogP contribution is 2.29. The zero-order valence-electron chi connectivity index (χ0n) is 19.9. The van der Waals surface area contributed by atoms with Crippen molar-refractivity contribution in [3.05, 3.63) is 76.2 Å². The van der Waals surface area contributed by atoms with E-state index in [9.17, 15) is 14.0 Å². The molecule has 2 aliphatic rings. The minimum atomic E-state index is -0.709. The number of rotatable bonds is 6. The molecule has 8 heteroatoms. The first-order chi connectivity index (χ1) is 16.4. The Labute approximate surface area is 199 Å². The molecule has 2 aromatic carbocycles. The zero-order chi connectivity index (χ0) is 24.2. The largest absolute Gasteiger partial charge is 0.463 e. The summed E-state index contributed by atoms with van der Waals surface area (Å²) in [6.07, 6.45) is 0. The summed E-state index contributed by atoms with van der Waals surface area (Å²) in [6.45, 7) is 9.92. The molecule has 2 aromatic rings. The van der Waals surface area contributed by atoms with Crippen LogP contribution < -0.4 is 15.5 Å². The van der Waals surface area contributed by atoms with Gasteiger partial charge in [-0.15, -0.1) is 0 Å². The number of hydrogen-bond acceptors (Lipinski definition) is 5. The summed E-state index contributed by atoms with van der Waals surface area (Å²) >= 11 is 0. The van der Waals surface area contributed by atoms with Crippen LogP contribution in [-0.4, -0.2) is 56.2 Å². The summed E-state index contributed by atoms with van der Waals surface area (Å²) in [5.41, 5.74) is 5.31. The molecule has 0 aromatic heterocycles. The number of nitrogens with zero attached hydrogens (tertiary/aromatic N) is 2. The van der Waals surface area contributed by atoms with E-state index in [0.29, 0.717) is 23.4 Å². The number of halogens is 1. The van der Waals surface area contributed by atoms with Gasteiger partial charge in [-0.3, -0.25) is 4.90 Å². The number of ether oxygens (including phenoxy) is 1. The van der Waals surface area contributed by atoms with Crippen molar-refractivity contribution in [2.45, 2.75) is 26.8 Å². The molecule has 4 rings (SSSR count). The third-order valence-electron chi connectivity index (χ3n) is 6.52. The standard InChI is InChI=1S/C26H31FN4O3/c1-4-34-25(32)23-21(28-26(33)29-24(23)19-8-10-20(27)11-9-19)16-30-12-14-31(15-13-30)22-7-5-6-17(2)18(22)3/h5-11,24H,4,12-16H2,1-3H3,(H2,28,29,33)/t24-/m1/s1. The molecule has 7 nitrogen and oxygen atoms in total. The molecule has 1 atom stereocenters. The van der Waals surface area contributed by atoms with Crippen LogP contribution in [0.25, 0.3) is 0 Å². The van der Waals surface area contributed by atoms with Crippen molar-refractivity contribution in [2.24, 2.45) is 0 Å². The van der Waals surface area contributed by atoms with Gasteiger partial charge in [-0.05, 0) is 55.7 Å². The lowest BCUT2D eigenvalue weighted by molar-refractivity contribution is -0.139. The fourth-order valence-electron chi connectivity index (χ4n) is 4.55. The van der Waals surface area contributed by atoms with Crippen molar-refractivity contribution < 1.29 is 18.7 Å². The maximum absolute atomic E-state index is 13.5. The lowest BCUT2D eigenvalue weighted by Crippen LogP contribution is -2.52. The summed E-state index contributed by atoms with van der Waals surface area (Å²) in [4.78, 5) is 30.0. The van der Waals surface area contributed by atoms with E-state index in [1.165, 1.54) is 28.9 Å². The molecule has 1 fully saturated rings. The van der Waals surface area contributed by atoms with Gasteiger partial charge in [0, 0.05) is 44.1 Å². The van der Waals surface area contributed by atoms with Gasteiger partial charge in [-0.2, -0.15) is 0 Å². The number of benzene rings is 2. The van der Waals surface area contributed by atoms with Gasteiger partial charge in [-0.1, -0.05) is 24.3 Å². The lowest BCUT2D eigenvalue weighted by atomic mass is 9.95. The Morgan fingerprint density at radius 2 is 1.79 bits per heavy atom. The molecular weight excluding hydrogens is 435 g/mol. The van der Waals surface area contributed by atoms with Crippen LogP contribution in [0.4, 0.5) is 14.9 Å². The van der Waals surface area contributed by atoms with E-state index in [1.54, 1.807) is 19.1 Å². The average Bonchev–Trinajstić information content (AvgIpc) is 2.82. The predicted octanol–water partition coefficient (Wildman–Crippen LogP) is 3.44. The van der Waals surface area contributed by atoms with Gasteiger partial charge in [0.05, 0.1) is 18.2 Å². The number of piperazine rings is 1. The van der Waals surface area contributed by atoms with Gasteiger partial charge in [-0.25, -0.2) is 14.0 Å². The maximum atomic E-state index is 13.5. The molecule has 0 aliphatic carbocycles. The third-order valence-corrected chi connectivity index (χ3v) is 6.52. The van der Waals surface area contributed by atoms with E-state index in [4.69, 9.17) is 4.74 Å². The van der Waals surface area contributed by atoms with Crippen LogP contribution in [0.3, 0.4) is 0 Å². The normalized spacial score (nSPS) is 19.0. The van der Waals surface area contributed by atoms with Gasteiger partial charge in [0.25, 0.3) is 0 Å². The van der Waals surface area contributed by atoms with Crippen molar-refractivity contribution in [1.29, 1.82) is 0 Å². The van der Waals surface area contributed by atoms with Crippen LogP contribution in [0.5, 0.6) is 0 Å². The first kappa shape index (κ1) is 23.8. The molecule has 1 saturated heterocycles. The topological polar surface area (TPSA) is 73.9 Å². The van der Waals surface area contributed by atoms with Crippen LogP contribution >= 0.6 is 0 Å². The molecule has 2 aliphatic heterocycles. The molecule has 0 bridgehead atoms. The van der Waals surface area contributed by atoms with Crippen molar-refractivity contribution in [1.82, 2.24) is 15.5 Å². The van der Waals surface area contributed by atoms with Crippen molar-refractivity contribution >= 4 is 17.7 Å². The molecule has 34 heavy (non-hydrogen) atoms. The first-order valence-electron chi connectivity index (χ1n) is 11.6. The van der Waals surface area contributed by atoms with Gasteiger partial charge in [0.1, 0.15) is 5.82 Å². The molecule has 2 amide bonds. The Bertz CT molecular complexity index is 1090. The number of urea groups is 1. The first-order valence-corrected chi connectivity index (χ1v) is 11.6. The van der Waals surface area contributed by atoms with Crippen LogP contribution in [0.2, 0.25) is 0 Å². The van der Waals surface area contributed by atoms with Crippen LogP contribution in [0.1, 0.15) is 29.7 Å². The Balaban J connectivity index is 1.56. The second kappa shape index (κ2) is 10.3. The van der Waals surface area contributed by atoms with E-state index < -0.39 is 18.0 Å². The minimum Gasteiger partial charge on any atom is -0.463 e. The van der Waals surface area contributed by atoms with Crippen LogP contribution in [-0.2, 0) is 9.53 Å². The molecule has 0 unspecified atom stereocenters. The smallest absolute Gasteiger partial charge is 0.338 e. The molecule has 0 spiro atoms. The third kappa shape index (κ3) is 5.07. The van der Waals surface area contributed by atoms with Crippen molar-refractivity contribution in [3.63, 3.8) is 0 Å². The highest BCUT2D eigenvalue weighted by Gasteiger charge is 2.34. The van der Waals surface area contributed by atoms with Gasteiger partial charge in [0.15, 0.2) is 0 Å². The average molecular weight is 467 g/mol.